The van der Waals surface area contributed by atoms with Crippen molar-refractivity contribution in [2.45, 2.75) is 12.5 Å². The largest absolute Gasteiger partial charge is 0.508 e. The van der Waals surface area contributed by atoms with E-state index in [0.717, 1.165) is 11.3 Å². The highest BCUT2D eigenvalue weighted by Crippen LogP contribution is 2.20. The molecule has 0 radical (unpaired) electrons. The number of benzene rings is 2. The summed E-state index contributed by atoms with van der Waals surface area (Å²) in [6, 6.07) is 12.9. The van der Waals surface area contributed by atoms with Crippen molar-refractivity contribution in [3.05, 3.63) is 54.1 Å². The summed E-state index contributed by atoms with van der Waals surface area (Å²) in [5.74, 6) is -0.206. The molecule has 0 saturated carbocycles. The van der Waals surface area contributed by atoms with Crippen molar-refractivity contribution >= 4 is 23.2 Å². The van der Waals surface area contributed by atoms with E-state index in [4.69, 9.17) is 10.5 Å². The Morgan fingerprint density at radius 2 is 1.88 bits per heavy atom. The van der Waals surface area contributed by atoms with Crippen LogP contribution in [0.15, 0.2) is 48.5 Å². The van der Waals surface area contributed by atoms with Crippen LogP contribution in [0, 0.1) is 0 Å². The molecule has 1 saturated heterocycles. The fraction of sp³-hybridized carbons (Fsp3) is 0.263. The van der Waals surface area contributed by atoms with Gasteiger partial charge < -0.3 is 25.8 Å². The highest BCUT2D eigenvalue weighted by Gasteiger charge is 2.20. The maximum absolute atomic E-state index is 12.3. The van der Waals surface area contributed by atoms with E-state index >= 15 is 0 Å². The van der Waals surface area contributed by atoms with Crippen LogP contribution in [0.2, 0.25) is 0 Å². The van der Waals surface area contributed by atoms with Gasteiger partial charge in [0.2, 0.25) is 5.91 Å². The van der Waals surface area contributed by atoms with Gasteiger partial charge in [0.25, 0.3) is 5.91 Å². The van der Waals surface area contributed by atoms with E-state index in [1.807, 2.05) is 0 Å². The van der Waals surface area contributed by atoms with Crippen LogP contribution in [0.3, 0.4) is 0 Å². The fourth-order valence-electron chi connectivity index (χ4n) is 2.73. The lowest BCUT2D eigenvalue weighted by Crippen LogP contribution is -2.41. The number of nitrogens with two attached hydrogens (primary N) is 1. The van der Waals surface area contributed by atoms with Crippen molar-refractivity contribution in [1.29, 1.82) is 0 Å². The number of hydrogen-bond acceptors (Lipinski definition) is 5. The van der Waals surface area contributed by atoms with Crippen LogP contribution in [-0.2, 0) is 20.7 Å². The third kappa shape index (κ3) is 4.38. The zero-order valence-corrected chi connectivity index (χ0v) is 14.2. The molecule has 2 amide bonds. The zero-order valence-electron chi connectivity index (χ0n) is 14.2. The van der Waals surface area contributed by atoms with Crippen LogP contribution in [0.1, 0.15) is 5.56 Å². The predicted molar refractivity (Wildman–Crippen MR) is 98.0 cm³/mol. The Morgan fingerprint density at radius 3 is 2.54 bits per heavy atom. The molecule has 2 aromatic rings. The summed E-state index contributed by atoms with van der Waals surface area (Å²) < 4.78 is 5.12. The number of phenolic OH excluding ortho intramolecular Hbond substituents is 1. The average Bonchev–Trinajstić information content (AvgIpc) is 2.65. The van der Waals surface area contributed by atoms with Crippen LogP contribution >= 0.6 is 0 Å². The maximum Gasteiger partial charge on any atom is 0.253 e. The molecule has 26 heavy (non-hydrogen) atoms. The van der Waals surface area contributed by atoms with Gasteiger partial charge in [-0.1, -0.05) is 12.1 Å². The Balaban J connectivity index is 1.58. The number of amides is 2. The summed E-state index contributed by atoms with van der Waals surface area (Å²) in [6.45, 7) is 1.11. The van der Waals surface area contributed by atoms with Gasteiger partial charge >= 0.3 is 0 Å². The first kappa shape index (κ1) is 17.9. The van der Waals surface area contributed by atoms with Crippen LogP contribution in [-0.4, -0.2) is 42.7 Å². The van der Waals surface area contributed by atoms with Crippen LogP contribution in [0.25, 0.3) is 0 Å². The van der Waals surface area contributed by atoms with Crippen molar-refractivity contribution < 1.29 is 19.4 Å². The number of nitrogens with one attached hydrogen (secondary N) is 1. The highest BCUT2D eigenvalue weighted by atomic mass is 16.5. The monoisotopic (exact) mass is 355 g/mol. The molecule has 1 heterocycles. The summed E-state index contributed by atoms with van der Waals surface area (Å²) in [4.78, 5) is 25.8. The Kier molecular flexibility index (Phi) is 5.50. The lowest BCUT2D eigenvalue weighted by Gasteiger charge is -2.27. The number of morpholine rings is 1. The number of nitrogens with zero attached hydrogens (tertiary/aromatic N) is 1. The molecule has 1 atom stereocenters. The minimum absolute atomic E-state index is 0.0797. The topological polar surface area (TPSA) is 105 Å². The summed E-state index contributed by atoms with van der Waals surface area (Å²) in [6.07, 6.45) is 0.368. The minimum Gasteiger partial charge on any atom is -0.508 e. The molecule has 136 valence electrons. The maximum atomic E-state index is 12.3. The third-order valence-corrected chi connectivity index (χ3v) is 4.16. The molecule has 2 aromatic carbocycles. The number of rotatable bonds is 5. The standard InChI is InChI=1S/C19H21N3O4/c20-17(11-13-1-7-16(23)8-2-13)19(25)21-14-3-5-15(6-4-14)22-9-10-26-12-18(22)24/h1-8,17,23H,9-12,20H2,(H,21,25)/t17-/m1/s1. The molecule has 7 heteroatoms. The molecular weight excluding hydrogens is 334 g/mol. The van der Waals surface area contributed by atoms with E-state index in [-0.39, 0.29) is 24.2 Å². The molecule has 0 spiro atoms. The molecule has 0 aliphatic carbocycles. The second kappa shape index (κ2) is 7.99. The first-order chi connectivity index (χ1) is 12.5. The second-order valence-corrected chi connectivity index (χ2v) is 6.11. The smallest absolute Gasteiger partial charge is 0.253 e. The van der Waals surface area contributed by atoms with Gasteiger partial charge in [-0.3, -0.25) is 9.59 Å². The summed E-state index contributed by atoms with van der Waals surface area (Å²) in [5.41, 5.74) is 8.21. The van der Waals surface area contributed by atoms with Gasteiger partial charge in [0, 0.05) is 17.9 Å². The van der Waals surface area contributed by atoms with Gasteiger partial charge in [0.1, 0.15) is 12.4 Å². The van der Waals surface area contributed by atoms with E-state index in [1.165, 1.54) is 0 Å². The lowest BCUT2D eigenvalue weighted by molar-refractivity contribution is -0.125. The Labute approximate surface area is 151 Å². The van der Waals surface area contributed by atoms with E-state index in [9.17, 15) is 14.7 Å². The zero-order chi connectivity index (χ0) is 18.5. The van der Waals surface area contributed by atoms with Gasteiger partial charge in [-0.15, -0.1) is 0 Å². The Bertz CT molecular complexity index is 774. The Morgan fingerprint density at radius 1 is 1.19 bits per heavy atom. The molecule has 1 aliphatic heterocycles. The summed E-state index contributed by atoms with van der Waals surface area (Å²) >= 11 is 0. The van der Waals surface area contributed by atoms with E-state index in [0.29, 0.717) is 25.3 Å². The van der Waals surface area contributed by atoms with Crippen LogP contribution in [0.4, 0.5) is 11.4 Å². The van der Waals surface area contributed by atoms with Crippen LogP contribution < -0.4 is 16.0 Å². The normalized spacial score (nSPS) is 15.6. The lowest BCUT2D eigenvalue weighted by atomic mass is 10.1. The summed E-state index contributed by atoms with van der Waals surface area (Å²) in [7, 11) is 0. The Hall–Kier alpha value is -2.90. The number of phenols is 1. The van der Waals surface area contributed by atoms with Crippen molar-refractivity contribution in [3.8, 4) is 5.75 Å². The third-order valence-electron chi connectivity index (χ3n) is 4.16. The highest BCUT2D eigenvalue weighted by molar-refractivity contribution is 5.96. The van der Waals surface area contributed by atoms with Gasteiger partial charge in [-0.25, -0.2) is 0 Å². The molecular formula is C19H21N3O4. The molecule has 0 bridgehead atoms. The molecule has 7 nitrogen and oxygen atoms in total. The van der Waals surface area contributed by atoms with Crippen molar-refractivity contribution in [2.24, 2.45) is 5.73 Å². The van der Waals surface area contributed by atoms with Gasteiger partial charge in [-0.05, 0) is 48.4 Å². The van der Waals surface area contributed by atoms with Gasteiger partial charge in [-0.2, -0.15) is 0 Å². The molecule has 1 aliphatic rings. The number of ether oxygens (including phenoxy) is 1. The molecule has 1 fully saturated rings. The molecule has 4 N–H and O–H groups in total. The average molecular weight is 355 g/mol. The number of hydrogen-bond donors (Lipinski definition) is 3. The first-order valence-corrected chi connectivity index (χ1v) is 8.35. The fourth-order valence-corrected chi connectivity index (χ4v) is 2.73. The van der Waals surface area contributed by atoms with Crippen molar-refractivity contribution in [1.82, 2.24) is 0 Å². The van der Waals surface area contributed by atoms with Gasteiger partial charge in [0.05, 0.1) is 12.6 Å². The SMILES string of the molecule is N[C@H](Cc1ccc(O)cc1)C(=O)Nc1ccc(N2CCOCC2=O)cc1. The number of aromatic hydroxyl groups is 1. The molecule has 0 aromatic heterocycles. The number of carbonyl (C=O) groups excluding carboxylic acids is 2. The number of carbonyl (C=O) groups is 2. The quantitative estimate of drug-likeness (QED) is 0.749. The molecule has 0 unspecified atom stereocenters. The predicted octanol–water partition coefficient (Wildman–Crippen LogP) is 1.26. The second-order valence-electron chi connectivity index (χ2n) is 6.11. The van der Waals surface area contributed by atoms with E-state index < -0.39 is 6.04 Å². The van der Waals surface area contributed by atoms with E-state index in [2.05, 4.69) is 5.32 Å². The van der Waals surface area contributed by atoms with Crippen molar-refractivity contribution in [2.75, 3.05) is 30.0 Å². The van der Waals surface area contributed by atoms with Crippen molar-refractivity contribution in [3.63, 3.8) is 0 Å². The first-order valence-electron chi connectivity index (χ1n) is 8.35. The van der Waals surface area contributed by atoms with Gasteiger partial charge in [0.15, 0.2) is 0 Å². The number of anilines is 2. The molecule has 3 rings (SSSR count). The summed E-state index contributed by atoms with van der Waals surface area (Å²) in [5, 5.41) is 12.1. The van der Waals surface area contributed by atoms with E-state index in [1.54, 1.807) is 53.4 Å². The van der Waals surface area contributed by atoms with Crippen LogP contribution in [0.5, 0.6) is 5.75 Å². The minimum atomic E-state index is -0.708.